The maximum atomic E-state index is 13.9. The summed E-state index contributed by atoms with van der Waals surface area (Å²) in [6, 6.07) is 2.81. The van der Waals surface area contributed by atoms with Crippen LogP contribution in [0.3, 0.4) is 0 Å². The first kappa shape index (κ1) is 15.4. The second-order valence-corrected chi connectivity index (χ2v) is 7.16. The molecule has 1 saturated carbocycles. The molecule has 0 amide bonds. The van der Waals surface area contributed by atoms with E-state index < -0.39 is 15.8 Å². The number of nitrogens with one attached hydrogen (secondary N) is 2. The van der Waals surface area contributed by atoms with Gasteiger partial charge in [-0.25, -0.2) is 17.5 Å². The van der Waals surface area contributed by atoms with Crippen LogP contribution >= 0.6 is 0 Å². The van der Waals surface area contributed by atoms with Crippen molar-refractivity contribution in [2.45, 2.75) is 44.2 Å². The average Bonchev–Trinajstić information content (AvgIpc) is 3.17. The number of benzene rings is 1. The summed E-state index contributed by atoms with van der Waals surface area (Å²) in [5.41, 5.74) is 0.787. The lowest BCUT2D eigenvalue weighted by atomic mass is 10.1. The Kier molecular flexibility index (Phi) is 4.46. The van der Waals surface area contributed by atoms with Gasteiger partial charge in [-0.1, -0.05) is 0 Å². The van der Waals surface area contributed by atoms with Gasteiger partial charge in [-0.3, -0.25) is 0 Å². The molecule has 0 saturated heterocycles. The summed E-state index contributed by atoms with van der Waals surface area (Å²) in [5.74, 6) is -0.0763. The van der Waals surface area contributed by atoms with Crippen molar-refractivity contribution in [3.63, 3.8) is 0 Å². The molecule has 1 aliphatic carbocycles. The molecule has 1 unspecified atom stereocenters. The average molecular weight is 300 g/mol. The lowest BCUT2D eigenvalue weighted by Crippen LogP contribution is -2.34. The van der Waals surface area contributed by atoms with Crippen molar-refractivity contribution < 1.29 is 12.8 Å². The van der Waals surface area contributed by atoms with Crippen LogP contribution in [0, 0.1) is 18.7 Å². The van der Waals surface area contributed by atoms with Gasteiger partial charge in [-0.15, -0.1) is 0 Å². The van der Waals surface area contributed by atoms with Crippen molar-refractivity contribution in [1.82, 2.24) is 10.0 Å². The standard InChI is InChI=1S/C14H21FN2O2S/c1-9-13(15)6-11(8-16-3)7-14(9)20(18,19)17-10(2)12-4-5-12/h6-7,10,12,16-17H,4-5,8H2,1-3H3. The molecule has 0 radical (unpaired) electrons. The van der Waals surface area contributed by atoms with E-state index in [4.69, 9.17) is 0 Å². The van der Waals surface area contributed by atoms with Crippen molar-refractivity contribution in [2.75, 3.05) is 7.05 Å². The number of hydrogen-bond donors (Lipinski definition) is 2. The van der Waals surface area contributed by atoms with E-state index in [-0.39, 0.29) is 16.5 Å². The van der Waals surface area contributed by atoms with E-state index in [1.165, 1.54) is 19.1 Å². The van der Waals surface area contributed by atoms with Gasteiger partial charge in [-0.05, 0) is 57.4 Å². The topological polar surface area (TPSA) is 58.2 Å². The van der Waals surface area contributed by atoms with Crippen LogP contribution in [-0.4, -0.2) is 21.5 Å². The SMILES string of the molecule is CNCc1cc(F)c(C)c(S(=O)(=O)NC(C)C2CC2)c1. The second kappa shape index (κ2) is 5.79. The maximum Gasteiger partial charge on any atom is 0.241 e. The van der Waals surface area contributed by atoms with Crippen LogP contribution in [-0.2, 0) is 16.6 Å². The minimum atomic E-state index is -3.68. The van der Waals surface area contributed by atoms with E-state index in [0.29, 0.717) is 18.0 Å². The van der Waals surface area contributed by atoms with E-state index in [0.717, 1.165) is 12.8 Å². The van der Waals surface area contributed by atoms with Gasteiger partial charge in [0.2, 0.25) is 10.0 Å². The lowest BCUT2D eigenvalue weighted by Gasteiger charge is -2.16. The highest BCUT2D eigenvalue weighted by Gasteiger charge is 2.32. The molecule has 0 aromatic heterocycles. The van der Waals surface area contributed by atoms with Gasteiger partial charge in [0.05, 0.1) is 4.90 Å². The monoisotopic (exact) mass is 300 g/mol. The van der Waals surface area contributed by atoms with Crippen LogP contribution in [0.1, 0.15) is 30.9 Å². The number of halogens is 1. The Bertz CT molecular complexity index is 597. The first-order valence-corrected chi connectivity index (χ1v) is 8.29. The smallest absolute Gasteiger partial charge is 0.241 e. The summed E-state index contributed by atoms with van der Waals surface area (Å²) >= 11 is 0. The third-order valence-corrected chi connectivity index (χ3v) is 5.38. The van der Waals surface area contributed by atoms with Gasteiger partial charge >= 0.3 is 0 Å². The Morgan fingerprint density at radius 2 is 2.05 bits per heavy atom. The summed E-state index contributed by atoms with van der Waals surface area (Å²) in [4.78, 5) is 0.0373. The summed E-state index contributed by atoms with van der Waals surface area (Å²) < 4.78 is 41.4. The normalized spacial score (nSPS) is 17.2. The zero-order valence-corrected chi connectivity index (χ0v) is 12.8. The summed E-state index contributed by atoms with van der Waals surface area (Å²) in [5, 5.41) is 2.90. The molecule has 4 nitrogen and oxygen atoms in total. The Labute approximate surface area is 119 Å². The third-order valence-electron chi connectivity index (χ3n) is 3.70. The summed E-state index contributed by atoms with van der Waals surface area (Å²) in [7, 11) is -1.94. The van der Waals surface area contributed by atoms with E-state index in [2.05, 4.69) is 10.0 Å². The van der Waals surface area contributed by atoms with Crippen molar-refractivity contribution in [3.8, 4) is 0 Å². The minimum absolute atomic E-state index is 0.0373. The zero-order chi connectivity index (χ0) is 14.9. The Morgan fingerprint density at radius 1 is 1.40 bits per heavy atom. The predicted molar refractivity (Wildman–Crippen MR) is 76.4 cm³/mol. The molecule has 20 heavy (non-hydrogen) atoms. The fraction of sp³-hybridized carbons (Fsp3) is 0.571. The molecule has 1 atom stereocenters. The molecule has 0 aliphatic heterocycles. The van der Waals surface area contributed by atoms with Crippen LogP contribution in [0.25, 0.3) is 0 Å². The largest absolute Gasteiger partial charge is 0.316 e. The quantitative estimate of drug-likeness (QED) is 0.844. The highest BCUT2D eigenvalue weighted by atomic mass is 32.2. The van der Waals surface area contributed by atoms with E-state index in [1.54, 1.807) is 7.05 Å². The molecule has 6 heteroatoms. The lowest BCUT2D eigenvalue weighted by molar-refractivity contribution is 0.535. The van der Waals surface area contributed by atoms with Crippen LogP contribution in [0.4, 0.5) is 4.39 Å². The van der Waals surface area contributed by atoms with Gasteiger partial charge in [0.15, 0.2) is 0 Å². The molecule has 1 aromatic carbocycles. The van der Waals surface area contributed by atoms with E-state index in [9.17, 15) is 12.8 Å². The van der Waals surface area contributed by atoms with Gasteiger partial charge in [0.1, 0.15) is 5.82 Å². The van der Waals surface area contributed by atoms with Gasteiger partial charge < -0.3 is 5.32 Å². The number of rotatable bonds is 6. The van der Waals surface area contributed by atoms with E-state index in [1.807, 2.05) is 6.92 Å². The second-order valence-electron chi connectivity index (χ2n) is 5.48. The van der Waals surface area contributed by atoms with Crippen molar-refractivity contribution in [2.24, 2.45) is 5.92 Å². The van der Waals surface area contributed by atoms with Crippen LogP contribution < -0.4 is 10.0 Å². The van der Waals surface area contributed by atoms with Crippen LogP contribution in [0.2, 0.25) is 0 Å². The summed E-state index contributed by atoms with van der Waals surface area (Å²) in [6.45, 7) is 3.78. The van der Waals surface area contributed by atoms with E-state index >= 15 is 0 Å². The molecule has 1 aromatic rings. The van der Waals surface area contributed by atoms with Gasteiger partial charge in [0, 0.05) is 18.2 Å². The van der Waals surface area contributed by atoms with Crippen molar-refractivity contribution in [1.29, 1.82) is 0 Å². The van der Waals surface area contributed by atoms with Crippen molar-refractivity contribution in [3.05, 3.63) is 29.1 Å². The molecule has 2 rings (SSSR count). The fourth-order valence-corrected chi connectivity index (χ4v) is 3.91. The molecule has 0 spiro atoms. The Balaban J connectivity index is 2.33. The third kappa shape index (κ3) is 3.37. The highest BCUT2D eigenvalue weighted by molar-refractivity contribution is 7.89. The van der Waals surface area contributed by atoms with Crippen LogP contribution in [0.15, 0.2) is 17.0 Å². The molecule has 2 N–H and O–H groups in total. The Morgan fingerprint density at radius 3 is 2.60 bits per heavy atom. The first-order chi connectivity index (χ1) is 9.35. The molecule has 0 bridgehead atoms. The molecular weight excluding hydrogens is 279 g/mol. The highest BCUT2D eigenvalue weighted by Crippen LogP contribution is 2.33. The molecule has 0 heterocycles. The number of hydrogen-bond acceptors (Lipinski definition) is 3. The maximum absolute atomic E-state index is 13.9. The summed E-state index contributed by atoms with van der Waals surface area (Å²) in [6.07, 6.45) is 2.10. The first-order valence-electron chi connectivity index (χ1n) is 6.81. The molecule has 1 aliphatic rings. The van der Waals surface area contributed by atoms with Gasteiger partial charge in [-0.2, -0.15) is 0 Å². The van der Waals surface area contributed by atoms with Crippen molar-refractivity contribution >= 4 is 10.0 Å². The molecule has 112 valence electrons. The Hall–Kier alpha value is -0.980. The molecule has 1 fully saturated rings. The number of sulfonamides is 1. The fourth-order valence-electron chi connectivity index (χ4n) is 2.29. The van der Waals surface area contributed by atoms with Gasteiger partial charge in [0.25, 0.3) is 0 Å². The molecular formula is C14H21FN2O2S. The zero-order valence-electron chi connectivity index (χ0n) is 12.0. The minimum Gasteiger partial charge on any atom is -0.316 e. The predicted octanol–water partition coefficient (Wildman–Crippen LogP) is 1.93. The van der Waals surface area contributed by atoms with Crippen LogP contribution in [0.5, 0.6) is 0 Å².